The van der Waals surface area contributed by atoms with Crippen molar-refractivity contribution in [3.63, 3.8) is 0 Å². The van der Waals surface area contributed by atoms with E-state index in [0.29, 0.717) is 17.2 Å². The van der Waals surface area contributed by atoms with Crippen molar-refractivity contribution < 1.29 is 14.6 Å². The summed E-state index contributed by atoms with van der Waals surface area (Å²) in [5.74, 6) is -0.212. The fraction of sp³-hybridized carbons (Fsp3) is 0.500. The fourth-order valence-corrected chi connectivity index (χ4v) is 2.09. The number of hydrogen-bond donors (Lipinski definition) is 2. The van der Waals surface area contributed by atoms with Crippen LogP contribution in [0.4, 0.5) is 10.5 Å². The summed E-state index contributed by atoms with van der Waals surface area (Å²) in [6.07, 6.45) is 3.46. The third-order valence-corrected chi connectivity index (χ3v) is 3.74. The number of amides is 1. The first-order chi connectivity index (χ1) is 9.47. The summed E-state index contributed by atoms with van der Waals surface area (Å²) in [6.45, 7) is 4.14. The number of phenolic OH excluding ortho intramolecular Hbond substituents is 1. The van der Waals surface area contributed by atoms with Gasteiger partial charge in [-0.2, -0.15) is 0 Å². The second-order valence-electron chi connectivity index (χ2n) is 4.52. The van der Waals surface area contributed by atoms with E-state index in [2.05, 4.69) is 12.2 Å². The molecule has 0 bridgehead atoms. The maximum atomic E-state index is 11.6. The van der Waals surface area contributed by atoms with Crippen LogP contribution >= 0.6 is 23.2 Å². The summed E-state index contributed by atoms with van der Waals surface area (Å²) in [5, 5.41) is 12.8. The number of ether oxygens (including phenoxy) is 1. The lowest BCUT2D eigenvalue weighted by molar-refractivity contribution is 0.159. The van der Waals surface area contributed by atoms with Crippen LogP contribution in [-0.2, 0) is 4.74 Å². The molecule has 0 fully saturated rings. The molecule has 112 valence electrons. The maximum Gasteiger partial charge on any atom is 0.411 e. The molecule has 0 saturated heterocycles. The molecular formula is C14H19Cl2NO3. The number of anilines is 1. The quantitative estimate of drug-likeness (QED) is 0.564. The van der Waals surface area contributed by atoms with Gasteiger partial charge in [-0.1, -0.05) is 49.4 Å². The average molecular weight is 320 g/mol. The predicted octanol–water partition coefficient (Wildman–Crippen LogP) is 5.14. The van der Waals surface area contributed by atoms with Crippen LogP contribution in [0.2, 0.25) is 10.0 Å². The third-order valence-electron chi connectivity index (χ3n) is 2.89. The van der Waals surface area contributed by atoms with Crippen LogP contribution in [0.3, 0.4) is 0 Å². The van der Waals surface area contributed by atoms with E-state index in [1.165, 1.54) is 6.07 Å². The van der Waals surface area contributed by atoms with Gasteiger partial charge in [0.05, 0.1) is 17.3 Å². The van der Waals surface area contributed by atoms with Gasteiger partial charge in [-0.15, -0.1) is 0 Å². The topological polar surface area (TPSA) is 58.6 Å². The van der Waals surface area contributed by atoms with E-state index in [-0.39, 0.29) is 16.5 Å². The van der Waals surface area contributed by atoms with E-state index in [4.69, 9.17) is 27.9 Å². The number of phenols is 1. The summed E-state index contributed by atoms with van der Waals surface area (Å²) in [7, 11) is 0. The van der Waals surface area contributed by atoms with Gasteiger partial charge in [-0.05, 0) is 25.0 Å². The number of halogens is 2. The lowest BCUT2D eigenvalue weighted by Crippen LogP contribution is -2.14. The van der Waals surface area contributed by atoms with Gasteiger partial charge >= 0.3 is 6.09 Å². The van der Waals surface area contributed by atoms with Crippen molar-refractivity contribution in [2.45, 2.75) is 39.5 Å². The molecule has 1 aromatic carbocycles. The lowest BCUT2D eigenvalue weighted by Gasteiger charge is -2.11. The average Bonchev–Trinajstić information content (AvgIpc) is 2.42. The van der Waals surface area contributed by atoms with Crippen LogP contribution in [0.25, 0.3) is 0 Å². The molecular weight excluding hydrogens is 301 g/mol. The first-order valence-electron chi connectivity index (χ1n) is 6.58. The Morgan fingerprint density at radius 1 is 1.35 bits per heavy atom. The monoisotopic (exact) mass is 319 g/mol. The molecule has 1 amide bonds. The van der Waals surface area contributed by atoms with Gasteiger partial charge in [0, 0.05) is 5.02 Å². The number of nitrogens with one attached hydrogen (secondary N) is 1. The molecule has 0 spiro atoms. The Bertz CT molecular complexity index is 478. The molecule has 0 aliphatic rings. The van der Waals surface area contributed by atoms with Gasteiger partial charge in [0.15, 0.2) is 5.75 Å². The van der Waals surface area contributed by atoms with Crippen LogP contribution in [0.15, 0.2) is 6.07 Å². The largest absolute Gasteiger partial charge is 0.504 e. The number of unbranched alkanes of at least 4 members (excludes halogenated alkanes) is 3. The standard InChI is InChI=1S/C14H19Cl2NO3/c1-3-4-5-6-7-20-14(19)17-11-8-10(15)9(2)12(16)13(11)18/h8,18H,3-7H2,1-2H3,(H,17,19). The third kappa shape index (κ3) is 4.76. The number of benzene rings is 1. The van der Waals surface area contributed by atoms with Crippen molar-refractivity contribution in [1.29, 1.82) is 0 Å². The number of carbonyl (C=O) groups is 1. The smallest absolute Gasteiger partial charge is 0.411 e. The van der Waals surface area contributed by atoms with E-state index >= 15 is 0 Å². The molecule has 0 radical (unpaired) electrons. The van der Waals surface area contributed by atoms with Crippen molar-refractivity contribution in [2.75, 3.05) is 11.9 Å². The Labute approximate surface area is 129 Å². The first kappa shape index (κ1) is 16.9. The normalized spacial score (nSPS) is 10.4. The summed E-state index contributed by atoms with van der Waals surface area (Å²) in [5.41, 5.74) is 0.702. The molecule has 1 rings (SSSR count). The Morgan fingerprint density at radius 2 is 2.05 bits per heavy atom. The van der Waals surface area contributed by atoms with Crippen molar-refractivity contribution in [1.82, 2.24) is 0 Å². The molecule has 4 nitrogen and oxygen atoms in total. The summed E-state index contributed by atoms with van der Waals surface area (Å²) < 4.78 is 5.01. The molecule has 0 heterocycles. The number of rotatable bonds is 6. The SMILES string of the molecule is CCCCCCOC(=O)Nc1cc(Cl)c(C)c(Cl)c1O. The van der Waals surface area contributed by atoms with Crippen molar-refractivity contribution in [2.24, 2.45) is 0 Å². The highest BCUT2D eigenvalue weighted by molar-refractivity contribution is 6.37. The zero-order valence-electron chi connectivity index (χ0n) is 11.6. The van der Waals surface area contributed by atoms with E-state index in [9.17, 15) is 9.90 Å². The van der Waals surface area contributed by atoms with Crippen molar-refractivity contribution >= 4 is 35.0 Å². The number of hydrogen-bond acceptors (Lipinski definition) is 3. The highest BCUT2D eigenvalue weighted by Gasteiger charge is 2.14. The van der Waals surface area contributed by atoms with E-state index in [1.54, 1.807) is 6.92 Å². The van der Waals surface area contributed by atoms with Crippen LogP contribution in [0.5, 0.6) is 5.75 Å². The molecule has 0 aromatic heterocycles. The highest BCUT2D eigenvalue weighted by atomic mass is 35.5. The van der Waals surface area contributed by atoms with E-state index in [1.807, 2.05) is 0 Å². The molecule has 2 N–H and O–H groups in total. The highest BCUT2D eigenvalue weighted by Crippen LogP contribution is 2.38. The summed E-state index contributed by atoms with van der Waals surface area (Å²) in [6, 6.07) is 1.44. The van der Waals surface area contributed by atoms with Crippen LogP contribution in [-0.4, -0.2) is 17.8 Å². The Morgan fingerprint density at radius 3 is 2.70 bits per heavy atom. The first-order valence-corrected chi connectivity index (χ1v) is 7.34. The van der Waals surface area contributed by atoms with Crippen molar-refractivity contribution in [3.05, 3.63) is 21.7 Å². The van der Waals surface area contributed by atoms with Gasteiger partial charge in [0.25, 0.3) is 0 Å². The molecule has 0 aliphatic heterocycles. The fourth-order valence-electron chi connectivity index (χ4n) is 1.64. The summed E-state index contributed by atoms with van der Waals surface area (Å²) in [4.78, 5) is 11.6. The van der Waals surface area contributed by atoms with E-state index in [0.717, 1.165) is 25.7 Å². The number of carbonyl (C=O) groups excluding carboxylic acids is 1. The Kier molecular flexibility index (Phi) is 6.96. The molecule has 6 heteroatoms. The van der Waals surface area contributed by atoms with Crippen LogP contribution in [0.1, 0.15) is 38.2 Å². The maximum absolute atomic E-state index is 11.6. The van der Waals surface area contributed by atoms with Crippen molar-refractivity contribution in [3.8, 4) is 5.75 Å². The van der Waals surface area contributed by atoms with Gasteiger partial charge in [-0.25, -0.2) is 4.79 Å². The van der Waals surface area contributed by atoms with Crippen LogP contribution < -0.4 is 5.32 Å². The second kappa shape index (κ2) is 8.22. The second-order valence-corrected chi connectivity index (χ2v) is 5.30. The Balaban J connectivity index is 2.54. The molecule has 0 unspecified atom stereocenters. The van der Waals surface area contributed by atoms with Gasteiger partial charge < -0.3 is 9.84 Å². The zero-order chi connectivity index (χ0) is 15.1. The molecule has 0 atom stereocenters. The zero-order valence-corrected chi connectivity index (χ0v) is 13.1. The predicted molar refractivity (Wildman–Crippen MR) is 82.0 cm³/mol. The van der Waals surface area contributed by atoms with Gasteiger partial charge in [-0.3, -0.25) is 5.32 Å². The Hall–Kier alpha value is -1.13. The minimum atomic E-state index is -0.632. The molecule has 1 aromatic rings. The molecule has 0 saturated carbocycles. The van der Waals surface area contributed by atoms with Gasteiger partial charge in [0.2, 0.25) is 0 Å². The van der Waals surface area contributed by atoms with Crippen LogP contribution in [0, 0.1) is 6.92 Å². The minimum Gasteiger partial charge on any atom is -0.504 e. The summed E-state index contributed by atoms with van der Waals surface area (Å²) >= 11 is 11.9. The molecule has 20 heavy (non-hydrogen) atoms. The molecule has 0 aliphatic carbocycles. The minimum absolute atomic E-state index is 0.121. The van der Waals surface area contributed by atoms with E-state index < -0.39 is 6.09 Å². The number of aromatic hydroxyl groups is 1. The lowest BCUT2D eigenvalue weighted by atomic mass is 10.2. The van der Waals surface area contributed by atoms with Gasteiger partial charge in [0.1, 0.15) is 0 Å².